The van der Waals surface area contributed by atoms with Crippen LogP contribution >= 0.6 is 0 Å². The van der Waals surface area contributed by atoms with Crippen LogP contribution in [0.4, 0.5) is 0 Å². The van der Waals surface area contributed by atoms with Crippen LogP contribution in [0.15, 0.2) is 12.3 Å². The highest BCUT2D eigenvalue weighted by molar-refractivity contribution is 5.77. The zero-order valence-corrected chi connectivity index (χ0v) is 6.92. The molecule has 0 unspecified atom stereocenters. The van der Waals surface area contributed by atoms with E-state index in [9.17, 15) is 4.79 Å². The minimum Gasteiger partial charge on any atom is -0.358 e. The van der Waals surface area contributed by atoms with E-state index in [0.717, 1.165) is 5.69 Å². The Kier molecular flexibility index (Phi) is 3.28. The normalized spacial score (nSPS) is 9.75. The Bertz CT molecular complexity index is 232. The van der Waals surface area contributed by atoms with E-state index in [1.54, 1.807) is 13.2 Å². The van der Waals surface area contributed by atoms with Crippen LogP contribution in [0.3, 0.4) is 0 Å². The number of aromatic nitrogens is 2. The minimum atomic E-state index is -0.0190. The summed E-state index contributed by atoms with van der Waals surface area (Å²) in [5.41, 5.74) is 0.971. The van der Waals surface area contributed by atoms with Crippen LogP contribution in [-0.4, -0.2) is 29.7 Å². The van der Waals surface area contributed by atoms with Gasteiger partial charge in [0, 0.05) is 25.5 Å². The predicted octanol–water partition coefficient (Wildman–Crippen LogP) is -0.755. The first-order valence-electron chi connectivity index (χ1n) is 3.72. The summed E-state index contributed by atoms with van der Waals surface area (Å²) in [4.78, 5) is 10.7. The number of hydrogen-bond donors (Lipinski definition) is 3. The molecule has 0 radical (unpaired) electrons. The zero-order chi connectivity index (χ0) is 8.81. The lowest BCUT2D eigenvalue weighted by atomic mass is 10.4. The second kappa shape index (κ2) is 4.50. The first kappa shape index (κ1) is 8.73. The number of likely N-dealkylation sites (N-methyl/N-ethyl adjacent to an activating group) is 1. The highest BCUT2D eigenvalue weighted by atomic mass is 16.1. The van der Waals surface area contributed by atoms with Crippen LogP contribution in [0.2, 0.25) is 0 Å². The van der Waals surface area contributed by atoms with Gasteiger partial charge in [0.15, 0.2) is 0 Å². The van der Waals surface area contributed by atoms with Gasteiger partial charge < -0.3 is 10.6 Å². The van der Waals surface area contributed by atoms with E-state index in [-0.39, 0.29) is 5.91 Å². The quantitative estimate of drug-likeness (QED) is 0.553. The molecular weight excluding hydrogens is 156 g/mol. The Labute approximate surface area is 70.5 Å². The van der Waals surface area contributed by atoms with Crippen molar-refractivity contribution in [1.82, 2.24) is 20.8 Å². The van der Waals surface area contributed by atoms with Gasteiger partial charge in [0.1, 0.15) is 0 Å². The Morgan fingerprint density at radius 3 is 3.17 bits per heavy atom. The molecule has 1 amide bonds. The van der Waals surface area contributed by atoms with Crippen molar-refractivity contribution < 1.29 is 4.79 Å². The molecule has 0 saturated heterocycles. The number of rotatable bonds is 4. The van der Waals surface area contributed by atoms with Crippen molar-refractivity contribution >= 4 is 5.91 Å². The standard InChI is InChI=1S/C7H12N4O/c1-8-7(12)5-9-4-6-2-3-10-11-6/h2-3,9H,4-5H2,1H3,(H,8,12)(H,10,11). The van der Waals surface area contributed by atoms with Crippen molar-refractivity contribution in [3.05, 3.63) is 18.0 Å². The summed E-state index contributed by atoms with van der Waals surface area (Å²) >= 11 is 0. The lowest BCUT2D eigenvalue weighted by Gasteiger charge is -2.00. The highest BCUT2D eigenvalue weighted by Gasteiger charge is 1.96. The third-order valence-electron chi connectivity index (χ3n) is 1.44. The van der Waals surface area contributed by atoms with Crippen molar-refractivity contribution in [3.8, 4) is 0 Å². The summed E-state index contributed by atoms with van der Waals surface area (Å²) in [6.45, 7) is 0.961. The molecule has 66 valence electrons. The molecule has 1 aromatic rings. The van der Waals surface area contributed by atoms with Gasteiger partial charge in [0.2, 0.25) is 5.91 Å². The van der Waals surface area contributed by atoms with E-state index < -0.39 is 0 Å². The van der Waals surface area contributed by atoms with Crippen LogP contribution in [0.25, 0.3) is 0 Å². The maximum absolute atomic E-state index is 10.7. The summed E-state index contributed by atoms with van der Waals surface area (Å²) < 4.78 is 0. The highest BCUT2D eigenvalue weighted by Crippen LogP contribution is 1.88. The van der Waals surface area contributed by atoms with Gasteiger partial charge in [0.05, 0.1) is 6.54 Å². The Hall–Kier alpha value is -1.36. The molecule has 0 atom stereocenters. The van der Waals surface area contributed by atoms with Crippen molar-refractivity contribution in [2.45, 2.75) is 6.54 Å². The van der Waals surface area contributed by atoms with Gasteiger partial charge in [-0.15, -0.1) is 0 Å². The molecule has 1 rings (SSSR count). The number of carbonyl (C=O) groups is 1. The topological polar surface area (TPSA) is 69.8 Å². The maximum Gasteiger partial charge on any atom is 0.233 e. The van der Waals surface area contributed by atoms with Crippen LogP contribution in [0.5, 0.6) is 0 Å². The largest absolute Gasteiger partial charge is 0.358 e. The Balaban J connectivity index is 2.15. The first-order chi connectivity index (χ1) is 5.83. The van der Waals surface area contributed by atoms with Crippen molar-refractivity contribution in [1.29, 1.82) is 0 Å². The molecular formula is C7H12N4O. The number of amides is 1. The number of nitrogens with zero attached hydrogens (tertiary/aromatic N) is 1. The summed E-state index contributed by atoms with van der Waals surface area (Å²) in [5, 5.41) is 12.0. The lowest BCUT2D eigenvalue weighted by molar-refractivity contribution is -0.119. The summed E-state index contributed by atoms with van der Waals surface area (Å²) in [6.07, 6.45) is 1.68. The number of carbonyl (C=O) groups excluding carboxylic acids is 1. The lowest BCUT2D eigenvalue weighted by Crippen LogP contribution is -2.31. The Morgan fingerprint density at radius 1 is 1.75 bits per heavy atom. The van der Waals surface area contributed by atoms with E-state index in [1.165, 1.54) is 0 Å². The van der Waals surface area contributed by atoms with Gasteiger partial charge in [-0.1, -0.05) is 0 Å². The van der Waals surface area contributed by atoms with Gasteiger partial charge in [-0.2, -0.15) is 5.10 Å². The molecule has 0 spiro atoms. The molecule has 0 aromatic carbocycles. The number of H-pyrrole nitrogens is 1. The summed E-state index contributed by atoms with van der Waals surface area (Å²) in [7, 11) is 1.61. The first-order valence-corrected chi connectivity index (χ1v) is 3.72. The predicted molar refractivity (Wildman–Crippen MR) is 44.4 cm³/mol. The Morgan fingerprint density at radius 2 is 2.58 bits per heavy atom. The second-order valence-electron chi connectivity index (χ2n) is 2.36. The van der Waals surface area contributed by atoms with Gasteiger partial charge >= 0.3 is 0 Å². The molecule has 3 N–H and O–H groups in total. The summed E-state index contributed by atoms with van der Waals surface area (Å²) in [5.74, 6) is -0.0190. The molecule has 5 nitrogen and oxygen atoms in total. The smallest absolute Gasteiger partial charge is 0.233 e. The van der Waals surface area contributed by atoms with Crippen LogP contribution in [0, 0.1) is 0 Å². The van der Waals surface area contributed by atoms with E-state index >= 15 is 0 Å². The molecule has 0 fully saturated rings. The molecule has 5 heteroatoms. The molecule has 0 saturated carbocycles. The van der Waals surface area contributed by atoms with E-state index in [4.69, 9.17) is 0 Å². The van der Waals surface area contributed by atoms with E-state index in [1.807, 2.05) is 6.07 Å². The number of aromatic amines is 1. The van der Waals surface area contributed by atoms with E-state index in [0.29, 0.717) is 13.1 Å². The fourth-order valence-electron chi connectivity index (χ4n) is 0.782. The van der Waals surface area contributed by atoms with Crippen molar-refractivity contribution in [2.75, 3.05) is 13.6 Å². The van der Waals surface area contributed by atoms with E-state index in [2.05, 4.69) is 20.8 Å². The molecule has 0 bridgehead atoms. The molecule has 0 aliphatic rings. The van der Waals surface area contributed by atoms with Crippen molar-refractivity contribution in [2.24, 2.45) is 0 Å². The third-order valence-corrected chi connectivity index (χ3v) is 1.44. The maximum atomic E-state index is 10.7. The second-order valence-corrected chi connectivity index (χ2v) is 2.36. The fraction of sp³-hybridized carbons (Fsp3) is 0.429. The van der Waals surface area contributed by atoms with Gasteiger partial charge in [-0.25, -0.2) is 0 Å². The van der Waals surface area contributed by atoms with Crippen LogP contribution in [0.1, 0.15) is 5.69 Å². The van der Waals surface area contributed by atoms with Gasteiger partial charge in [0.25, 0.3) is 0 Å². The molecule has 1 heterocycles. The summed E-state index contributed by atoms with van der Waals surface area (Å²) in [6, 6.07) is 1.86. The zero-order valence-electron chi connectivity index (χ0n) is 6.92. The van der Waals surface area contributed by atoms with Gasteiger partial charge in [-0.05, 0) is 6.07 Å². The molecule has 1 aromatic heterocycles. The monoisotopic (exact) mass is 168 g/mol. The van der Waals surface area contributed by atoms with Crippen LogP contribution < -0.4 is 10.6 Å². The third kappa shape index (κ3) is 2.71. The number of nitrogens with one attached hydrogen (secondary N) is 3. The SMILES string of the molecule is CNC(=O)CNCc1ccn[nH]1. The average Bonchev–Trinajstić information content (AvgIpc) is 2.57. The molecule has 0 aliphatic heterocycles. The molecule has 12 heavy (non-hydrogen) atoms. The van der Waals surface area contributed by atoms with Crippen molar-refractivity contribution in [3.63, 3.8) is 0 Å². The fourth-order valence-corrected chi connectivity index (χ4v) is 0.782. The van der Waals surface area contributed by atoms with Crippen LogP contribution in [-0.2, 0) is 11.3 Å². The minimum absolute atomic E-state index is 0.0190. The van der Waals surface area contributed by atoms with Gasteiger partial charge in [-0.3, -0.25) is 9.89 Å². The molecule has 0 aliphatic carbocycles. The number of hydrogen-bond acceptors (Lipinski definition) is 3. The average molecular weight is 168 g/mol.